The van der Waals surface area contributed by atoms with Crippen molar-refractivity contribution in [2.75, 3.05) is 20.2 Å². The van der Waals surface area contributed by atoms with Gasteiger partial charge in [0.25, 0.3) is 0 Å². The van der Waals surface area contributed by atoms with Crippen molar-refractivity contribution < 1.29 is 14.3 Å². The fraction of sp³-hybridized carbons (Fsp3) is 0.381. The third kappa shape index (κ3) is 5.45. The van der Waals surface area contributed by atoms with Gasteiger partial charge in [-0.3, -0.25) is 4.79 Å². The topological polar surface area (TPSA) is 83.6 Å². The molecule has 1 aliphatic heterocycles. The summed E-state index contributed by atoms with van der Waals surface area (Å²) >= 11 is 0. The number of methoxy groups -OCH3 is 1. The highest BCUT2D eigenvalue weighted by Crippen LogP contribution is 2.18. The maximum Gasteiger partial charge on any atom is 0.317 e. The van der Waals surface area contributed by atoms with Gasteiger partial charge in [-0.15, -0.1) is 0 Å². The Morgan fingerprint density at radius 3 is 2.50 bits per heavy atom. The third-order valence-electron chi connectivity index (χ3n) is 4.91. The number of hydrogen-bond acceptors (Lipinski definition) is 4. The number of nitrogens with one attached hydrogen (secondary N) is 2. The van der Waals surface area contributed by atoms with Crippen molar-refractivity contribution in [1.82, 2.24) is 20.5 Å². The summed E-state index contributed by atoms with van der Waals surface area (Å²) in [5.41, 5.74) is 2.01. The molecule has 28 heavy (non-hydrogen) atoms. The molecule has 1 aliphatic rings. The van der Waals surface area contributed by atoms with E-state index >= 15 is 0 Å². The lowest BCUT2D eigenvalue weighted by molar-refractivity contribution is -0.126. The summed E-state index contributed by atoms with van der Waals surface area (Å²) in [5, 5.41) is 5.91. The first kappa shape index (κ1) is 19.7. The average Bonchev–Trinajstić information content (AvgIpc) is 2.76. The molecule has 7 nitrogen and oxygen atoms in total. The number of carbonyl (C=O) groups excluding carboxylic acids is 2. The molecule has 0 spiro atoms. The normalized spacial score (nSPS) is 14.4. The Morgan fingerprint density at radius 1 is 1.07 bits per heavy atom. The van der Waals surface area contributed by atoms with Crippen molar-refractivity contribution in [3.63, 3.8) is 0 Å². The fourth-order valence-electron chi connectivity index (χ4n) is 3.24. The van der Waals surface area contributed by atoms with Crippen molar-refractivity contribution >= 4 is 11.9 Å². The Hall–Kier alpha value is -3.09. The number of nitrogens with zero attached hydrogens (tertiary/aromatic N) is 2. The molecular weight excluding hydrogens is 356 g/mol. The molecule has 0 atom stereocenters. The number of amides is 3. The number of aromatic nitrogens is 1. The highest BCUT2D eigenvalue weighted by atomic mass is 16.5. The lowest BCUT2D eigenvalue weighted by Crippen LogP contribution is -2.46. The molecule has 0 saturated carbocycles. The van der Waals surface area contributed by atoms with Gasteiger partial charge in [-0.25, -0.2) is 9.78 Å². The van der Waals surface area contributed by atoms with Gasteiger partial charge < -0.3 is 20.3 Å². The van der Waals surface area contributed by atoms with Gasteiger partial charge in [-0.05, 0) is 30.0 Å². The van der Waals surface area contributed by atoms with Gasteiger partial charge in [0.2, 0.25) is 11.8 Å². The van der Waals surface area contributed by atoms with E-state index in [1.165, 1.54) is 0 Å². The predicted octanol–water partition coefficient (Wildman–Crippen LogP) is 2.33. The average molecular weight is 382 g/mol. The smallest absolute Gasteiger partial charge is 0.317 e. The van der Waals surface area contributed by atoms with Gasteiger partial charge >= 0.3 is 6.03 Å². The van der Waals surface area contributed by atoms with Gasteiger partial charge in [0, 0.05) is 44.4 Å². The standard InChI is InChI=1S/C21H26N4O3/c1-28-19-13-17(7-10-22-19)15-24-21(27)25-11-8-18(9-12-25)20(26)23-14-16-5-3-2-4-6-16/h2-7,10,13,18H,8-9,11-12,14-15H2,1H3,(H,23,26)(H,24,27). The molecule has 0 aliphatic carbocycles. The van der Waals surface area contributed by atoms with Crippen LogP contribution in [0.4, 0.5) is 4.79 Å². The number of carbonyl (C=O) groups is 2. The molecule has 2 heterocycles. The molecule has 1 fully saturated rings. The van der Waals surface area contributed by atoms with E-state index in [2.05, 4.69) is 15.6 Å². The minimum atomic E-state index is -0.112. The molecular formula is C21H26N4O3. The van der Waals surface area contributed by atoms with E-state index in [0.717, 1.165) is 11.1 Å². The van der Waals surface area contributed by atoms with Crippen LogP contribution >= 0.6 is 0 Å². The zero-order valence-corrected chi connectivity index (χ0v) is 16.1. The Labute approximate surface area is 165 Å². The molecule has 0 radical (unpaired) electrons. The number of rotatable bonds is 6. The van der Waals surface area contributed by atoms with Crippen LogP contribution in [0.5, 0.6) is 5.88 Å². The van der Waals surface area contributed by atoms with Gasteiger partial charge in [-0.2, -0.15) is 0 Å². The van der Waals surface area contributed by atoms with Crippen LogP contribution in [0, 0.1) is 5.92 Å². The molecule has 3 amide bonds. The van der Waals surface area contributed by atoms with Crippen LogP contribution in [0.25, 0.3) is 0 Å². The van der Waals surface area contributed by atoms with Crippen LogP contribution in [0.15, 0.2) is 48.7 Å². The van der Waals surface area contributed by atoms with E-state index < -0.39 is 0 Å². The van der Waals surface area contributed by atoms with E-state index in [1.54, 1.807) is 24.3 Å². The molecule has 2 N–H and O–H groups in total. The van der Waals surface area contributed by atoms with Gasteiger partial charge in [0.1, 0.15) is 0 Å². The summed E-state index contributed by atoms with van der Waals surface area (Å²) in [5.74, 6) is 0.541. The van der Waals surface area contributed by atoms with E-state index in [0.29, 0.717) is 44.9 Å². The van der Waals surface area contributed by atoms with Crippen LogP contribution in [0.3, 0.4) is 0 Å². The van der Waals surface area contributed by atoms with Crippen LogP contribution in [0.1, 0.15) is 24.0 Å². The van der Waals surface area contributed by atoms with Crippen LogP contribution < -0.4 is 15.4 Å². The van der Waals surface area contributed by atoms with Gasteiger partial charge in [0.15, 0.2) is 0 Å². The molecule has 3 rings (SSSR count). The van der Waals surface area contributed by atoms with Crippen LogP contribution in [-0.2, 0) is 17.9 Å². The molecule has 1 aromatic heterocycles. The fourth-order valence-corrected chi connectivity index (χ4v) is 3.24. The number of benzene rings is 1. The second-order valence-corrected chi connectivity index (χ2v) is 6.83. The molecule has 1 saturated heterocycles. The summed E-state index contributed by atoms with van der Waals surface area (Å²) in [6.07, 6.45) is 3.01. The third-order valence-corrected chi connectivity index (χ3v) is 4.91. The minimum absolute atomic E-state index is 0.0442. The molecule has 0 bridgehead atoms. The number of ether oxygens (including phenoxy) is 1. The quantitative estimate of drug-likeness (QED) is 0.803. The summed E-state index contributed by atoms with van der Waals surface area (Å²) in [6, 6.07) is 13.4. The van der Waals surface area contributed by atoms with Crippen LogP contribution in [0.2, 0.25) is 0 Å². The maximum atomic E-state index is 12.4. The predicted molar refractivity (Wildman–Crippen MR) is 106 cm³/mol. The number of pyridine rings is 1. The molecule has 7 heteroatoms. The van der Waals surface area contributed by atoms with Crippen LogP contribution in [-0.4, -0.2) is 42.0 Å². The van der Waals surface area contributed by atoms with Crippen molar-refractivity contribution in [2.24, 2.45) is 5.92 Å². The van der Waals surface area contributed by atoms with E-state index in [1.807, 2.05) is 36.4 Å². The summed E-state index contributed by atoms with van der Waals surface area (Å²) in [6.45, 7) is 2.11. The monoisotopic (exact) mass is 382 g/mol. The minimum Gasteiger partial charge on any atom is -0.481 e. The second-order valence-electron chi connectivity index (χ2n) is 6.83. The summed E-state index contributed by atoms with van der Waals surface area (Å²) < 4.78 is 5.09. The molecule has 1 aromatic carbocycles. The highest BCUT2D eigenvalue weighted by molar-refractivity contribution is 5.79. The van der Waals surface area contributed by atoms with Gasteiger partial charge in [0.05, 0.1) is 7.11 Å². The summed E-state index contributed by atoms with van der Waals surface area (Å²) in [7, 11) is 1.56. The Morgan fingerprint density at radius 2 is 1.79 bits per heavy atom. The largest absolute Gasteiger partial charge is 0.481 e. The molecule has 148 valence electrons. The van der Waals surface area contributed by atoms with E-state index in [9.17, 15) is 9.59 Å². The zero-order valence-electron chi connectivity index (χ0n) is 16.1. The molecule has 2 aromatic rings. The number of likely N-dealkylation sites (tertiary alicyclic amines) is 1. The maximum absolute atomic E-state index is 12.4. The van der Waals surface area contributed by atoms with E-state index in [-0.39, 0.29) is 17.9 Å². The first-order chi connectivity index (χ1) is 13.7. The Balaban J connectivity index is 1.40. The first-order valence-electron chi connectivity index (χ1n) is 9.49. The van der Waals surface area contributed by atoms with Crippen molar-refractivity contribution in [3.05, 3.63) is 59.8 Å². The van der Waals surface area contributed by atoms with Crippen molar-refractivity contribution in [1.29, 1.82) is 0 Å². The number of piperidine rings is 1. The lowest BCUT2D eigenvalue weighted by Gasteiger charge is -2.31. The second kappa shape index (κ2) is 9.73. The Bertz CT molecular complexity index is 789. The lowest BCUT2D eigenvalue weighted by atomic mass is 9.96. The highest BCUT2D eigenvalue weighted by Gasteiger charge is 2.27. The summed E-state index contributed by atoms with van der Waals surface area (Å²) in [4.78, 5) is 30.6. The van der Waals surface area contributed by atoms with E-state index in [4.69, 9.17) is 4.74 Å². The Kier molecular flexibility index (Phi) is 6.84. The number of urea groups is 1. The first-order valence-corrected chi connectivity index (χ1v) is 9.49. The molecule has 0 unspecified atom stereocenters. The SMILES string of the molecule is COc1cc(CNC(=O)N2CCC(C(=O)NCc3ccccc3)CC2)ccn1. The zero-order chi connectivity index (χ0) is 19.8. The van der Waals surface area contributed by atoms with Crippen molar-refractivity contribution in [3.8, 4) is 5.88 Å². The van der Waals surface area contributed by atoms with Gasteiger partial charge in [-0.1, -0.05) is 30.3 Å². The number of hydrogen-bond donors (Lipinski definition) is 2. The van der Waals surface area contributed by atoms with Crippen molar-refractivity contribution in [2.45, 2.75) is 25.9 Å².